The van der Waals surface area contributed by atoms with Crippen LogP contribution in [0.5, 0.6) is 0 Å². The second-order valence-corrected chi connectivity index (χ2v) is 10.2. The third-order valence-electron chi connectivity index (χ3n) is 4.55. The number of hydrogen-bond donors (Lipinski definition) is 1. The molecule has 0 unspecified atom stereocenters. The van der Waals surface area contributed by atoms with Crippen LogP contribution in [0, 0.1) is 17.6 Å². The quantitative estimate of drug-likeness (QED) is 0.752. The number of aromatic nitrogens is 1. The van der Waals surface area contributed by atoms with Gasteiger partial charge in [-0.2, -0.15) is 4.31 Å². The summed E-state index contributed by atoms with van der Waals surface area (Å²) in [7, 11) is -7.69. The van der Waals surface area contributed by atoms with Gasteiger partial charge >= 0.3 is 0 Å². The number of sulfonamides is 2. The average Bonchev–Trinajstić information content (AvgIpc) is 2.67. The largest absolute Gasteiger partial charge is 0.263 e. The van der Waals surface area contributed by atoms with Crippen molar-refractivity contribution in [3.05, 3.63) is 54.4 Å². The lowest BCUT2D eigenvalue weighted by atomic mass is 9.99. The summed E-state index contributed by atoms with van der Waals surface area (Å²) in [6, 6.07) is 5.10. The Kier molecular flexibility index (Phi) is 6.08. The Bertz CT molecular complexity index is 1020. The highest BCUT2D eigenvalue weighted by Crippen LogP contribution is 2.23. The number of nitrogens with zero attached hydrogens (tertiary/aromatic N) is 2. The monoisotopic (exact) mass is 431 g/mol. The van der Waals surface area contributed by atoms with Crippen LogP contribution in [-0.2, 0) is 20.0 Å². The van der Waals surface area contributed by atoms with Gasteiger partial charge in [0.25, 0.3) is 0 Å². The Morgan fingerprint density at radius 3 is 2.25 bits per heavy atom. The molecule has 0 spiro atoms. The highest BCUT2D eigenvalue weighted by atomic mass is 32.2. The molecule has 0 atom stereocenters. The van der Waals surface area contributed by atoms with Crippen LogP contribution in [0.4, 0.5) is 8.78 Å². The van der Waals surface area contributed by atoms with Gasteiger partial charge in [0.05, 0.1) is 4.90 Å². The van der Waals surface area contributed by atoms with E-state index in [2.05, 4.69) is 9.71 Å². The molecule has 1 fully saturated rings. The van der Waals surface area contributed by atoms with E-state index in [0.717, 1.165) is 12.1 Å². The van der Waals surface area contributed by atoms with Crippen molar-refractivity contribution >= 4 is 20.0 Å². The van der Waals surface area contributed by atoms with Crippen molar-refractivity contribution in [2.24, 2.45) is 5.92 Å². The van der Waals surface area contributed by atoms with E-state index in [-0.39, 0.29) is 30.4 Å². The molecule has 1 saturated heterocycles. The molecule has 2 aromatic rings. The first-order chi connectivity index (χ1) is 13.2. The number of pyridine rings is 1. The summed E-state index contributed by atoms with van der Waals surface area (Å²) in [5.41, 5.74) is 0. The molecule has 0 saturated carbocycles. The highest BCUT2D eigenvalue weighted by molar-refractivity contribution is 7.89. The molecule has 152 valence electrons. The predicted octanol–water partition coefficient (Wildman–Crippen LogP) is 1.74. The Balaban J connectivity index is 1.59. The molecule has 7 nitrogen and oxygen atoms in total. The smallest absolute Gasteiger partial charge is 0.244 e. The number of piperidine rings is 1. The normalized spacial score (nSPS) is 16.9. The summed E-state index contributed by atoms with van der Waals surface area (Å²) in [6.45, 7) is 0.553. The Hall–Kier alpha value is -1.95. The molecule has 0 amide bonds. The highest BCUT2D eigenvalue weighted by Gasteiger charge is 2.30. The summed E-state index contributed by atoms with van der Waals surface area (Å²) < 4.78 is 79.8. The van der Waals surface area contributed by atoms with Gasteiger partial charge < -0.3 is 0 Å². The van der Waals surface area contributed by atoms with Crippen molar-refractivity contribution in [3.8, 4) is 0 Å². The van der Waals surface area contributed by atoms with Crippen LogP contribution < -0.4 is 4.72 Å². The molecule has 3 rings (SSSR count). The predicted molar refractivity (Wildman–Crippen MR) is 97.3 cm³/mol. The number of benzene rings is 1. The fraction of sp³-hybridized carbons (Fsp3) is 0.353. The van der Waals surface area contributed by atoms with Crippen molar-refractivity contribution in [1.29, 1.82) is 0 Å². The fourth-order valence-corrected chi connectivity index (χ4v) is 5.59. The Labute approximate surface area is 162 Å². The van der Waals surface area contributed by atoms with Crippen molar-refractivity contribution in [2.75, 3.05) is 19.6 Å². The topological polar surface area (TPSA) is 96.4 Å². The molecule has 0 radical (unpaired) electrons. The van der Waals surface area contributed by atoms with Gasteiger partial charge in [0.1, 0.15) is 16.5 Å². The molecule has 1 aromatic heterocycles. The Morgan fingerprint density at radius 2 is 1.68 bits per heavy atom. The first-order valence-electron chi connectivity index (χ1n) is 8.54. The van der Waals surface area contributed by atoms with Gasteiger partial charge in [0, 0.05) is 38.1 Å². The van der Waals surface area contributed by atoms with Gasteiger partial charge in [0.15, 0.2) is 0 Å². The second-order valence-electron chi connectivity index (χ2n) is 6.49. The maximum absolute atomic E-state index is 13.2. The van der Waals surface area contributed by atoms with E-state index in [4.69, 9.17) is 0 Å². The van der Waals surface area contributed by atoms with Crippen LogP contribution in [0.1, 0.15) is 12.8 Å². The number of nitrogens with one attached hydrogen (secondary N) is 1. The summed E-state index contributed by atoms with van der Waals surface area (Å²) in [4.78, 5) is 3.45. The minimum atomic E-state index is -4.06. The van der Waals surface area contributed by atoms with E-state index in [1.807, 2.05) is 0 Å². The number of rotatable bonds is 6. The van der Waals surface area contributed by atoms with Crippen LogP contribution in [-0.4, -0.2) is 45.8 Å². The van der Waals surface area contributed by atoms with Crippen LogP contribution in [0.15, 0.2) is 52.5 Å². The van der Waals surface area contributed by atoms with Crippen LogP contribution >= 0.6 is 0 Å². The molecule has 1 aromatic carbocycles. The van der Waals surface area contributed by atoms with E-state index >= 15 is 0 Å². The molecule has 2 heterocycles. The van der Waals surface area contributed by atoms with Crippen molar-refractivity contribution < 1.29 is 25.6 Å². The molecule has 1 aliphatic rings. The summed E-state index contributed by atoms with van der Waals surface area (Å²) in [5, 5.41) is 0. The Morgan fingerprint density at radius 1 is 1.04 bits per heavy atom. The summed E-state index contributed by atoms with van der Waals surface area (Å²) in [5.74, 6) is -2.04. The molecule has 11 heteroatoms. The standard InChI is InChI=1S/C17H19F2N3O4S2/c18-14-8-15(19)10-17(9-14)27(23,24)21-11-13-3-6-22(7-4-13)28(25,26)16-2-1-5-20-12-16/h1-2,5,8-10,12-13,21H,3-4,6-7,11H2. The summed E-state index contributed by atoms with van der Waals surface area (Å²) >= 11 is 0. The third-order valence-corrected chi connectivity index (χ3v) is 7.84. The SMILES string of the molecule is O=S(=O)(NCC1CCN(S(=O)(=O)c2cccnc2)CC1)c1cc(F)cc(F)c1. The van der Waals surface area contributed by atoms with Gasteiger partial charge in [-0.3, -0.25) is 4.98 Å². The number of hydrogen-bond acceptors (Lipinski definition) is 5. The average molecular weight is 431 g/mol. The van der Waals surface area contributed by atoms with Gasteiger partial charge in [-0.1, -0.05) is 0 Å². The first-order valence-corrected chi connectivity index (χ1v) is 11.5. The molecule has 1 aliphatic heterocycles. The zero-order valence-electron chi connectivity index (χ0n) is 14.8. The van der Waals surface area contributed by atoms with E-state index in [1.54, 1.807) is 6.07 Å². The molecule has 0 bridgehead atoms. The van der Waals surface area contributed by atoms with Gasteiger partial charge in [-0.15, -0.1) is 0 Å². The molecular weight excluding hydrogens is 412 g/mol. The van der Waals surface area contributed by atoms with Crippen LogP contribution in [0.2, 0.25) is 0 Å². The molecular formula is C17H19F2N3O4S2. The van der Waals surface area contributed by atoms with Crippen molar-refractivity contribution in [3.63, 3.8) is 0 Å². The minimum Gasteiger partial charge on any atom is -0.263 e. The first kappa shape index (κ1) is 20.8. The van der Waals surface area contributed by atoms with E-state index in [9.17, 15) is 25.6 Å². The number of halogens is 2. The van der Waals surface area contributed by atoms with Crippen molar-refractivity contribution in [1.82, 2.24) is 14.0 Å². The maximum atomic E-state index is 13.2. The van der Waals surface area contributed by atoms with Gasteiger partial charge in [-0.05, 0) is 43.0 Å². The molecule has 1 N–H and O–H groups in total. The fourth-order valence-electron chi connectivity index (χ4n) is 3.00. The van der Waals surface area contributed by atoms with E-state index < -0.39 is 36.6 Å². The van der Waals surface area contributed by atoms with E-state index in [0.29, 0.717) is 18.9 Å². The van der Waals surface area contributed by atoms with Crippen molar-refractivity contribution in [2.45, 2.75) is 22.6 Å². The molecule has 0 aliphatic carbocycles. The van der Waals surface area contributed by atoms with Gasteiger partial charge in [-0.25, -0.2) is 30.3 Å². The lowest BCUT2D eigenvalue weighted by Crippen LogP contribution is -2.41. The van der Waals surface area contributed by atoms with Gasteiger partial charge in [0.2, 0.25) is 20.0 Å². The van der Waals surface area contributed by atoms with Crippen LogP contribution in [0.3, 0.4) is 0 Å². The minimum absolute atomic E-state index is 0.0568. The lowest BCUT2D eigenvalue weighted by molar-refractivity contribution is 0.274. The lowest BCUT2D eigenvalue weighted by Gasteiger charge is -2.31. The summed E-state index contributed by atoms with van der Waals surface area (Å²) in [6.07, 6.45) is 3.69. The zero-order chi connectivity index (χ0) is 20.4. The zero-order valence-corrected chi connectivity index (χ0v) is 16.4. The van der Waals surface area contributed by atoms with E-state index in [1.165, 1.54) is 22.8 Å². The van der Waals surface area contributed by atoms with Crippen LogP contribution in [0.25, 0.3) is 0 Å². The maximum Gasteiger partial charge on any atom is 0.244 e. The second kappa shape index (κ2) is 8.19. The molecule has 28 heavy (non-hydrogen) atoms. The third kappa shape index (κ3) is 4.72.